The summed E-state index contributed by atoms with van der Waals surface area (Å²) in [5.74, 6) is 0. The third-order valence-electron chi connectivity index (χ3n) is 3.34. The molecule has 0 radical (unpaired) electrons. The van der Waals surface area contributed by atoms with Crippen molar-refractivity contribution in [3.63, 3.8) is 0 Å². The van der Waals surface area contributed by atoms with Crippen molar-refractivity contribution in [2.24, 2.45) is 0 Å². The number of rotatable bonds is 4. The number of aryl methyl sites for hydroxylation is 1. The van der Waals surface area contributed by atoms with Crippen LogP contribution >= 0.6 is 11.6 Å². The molecule has 1 aromatic heterocycles. The fraction of sp³-hybridized carbons (Fsp3) is 0.176. The molecule has 0 bridgehead atoms. The van der Waals surface area contributed by atoms with Gasteiger partial charge in [0.1, 0.15) is 6.54 Å². The van der Waals surface area contributed by atoms with E-state index in [1.165, 1.54) is 16.7 Å². The molecule has 0 unspecified atom stereocenters. The van der Waals surface area contributed by atoms with E-state index in [1.807, 2.05) is 41.6 Å². The second kappa shape index (κ2) is 7.43. The van der Waals surface area contributed by atoms with Crippen molar-refractivity contribution in [3.05, 3.63) is 82.9 Å². The SMILES string of the molecule is Cc1cccc(C[n+]2cnn(Cc3ccc(Cl)cc3)c2)c1.[Cl-]. The Morgan fingerprint density at radius 3 is 2.59 bits per heavy atom. The van der Waals surface area contributed by atoms with Crippen LogP contribution in [0.25, 0.3) is 0 Å². The zero-order valence-electron chi connectivity index (χ0n) is 12.3. The van der Waals surface area contributed by atoms with Crippen LogP contribution in [0.4, 0.5) is 0 Å². The van der Waals surface area contributed by atoms with Crippen molar-refractivity contribution in [2.45, 2.75) is 20.0 Å². The van der Waals surface area contributed by atoms with Crippen molar-refractivity contribution >= 4 is 11.6 Å². The van der Waals surface area contributed by atoms with E-state index in [4.69, 9.17) is 11.6 Å². The molecule has 0 fully saturated rings. The molecule has 3 rings (SSSR count). The molecule has 0 aliphatic heterocycles. The van der Waals surface area contributed by atoms with Gasteiger partial charge < -0.3 is 12.4 Å². The Labute approximate surface area is 141 Å². The van der Waals surface area contributed by atoms with Gasteiger partial charge in [0.2, 0.25) is 6.33 Å². The Morgan fingerprint density at radius 2 is 1.86 bits per heavy atom. The Bertz CT molecular complexity index is 736. The van der Waals surface area contributed by atoms with Gasteiger partial charge in [-0.1, -0.05) is 53.6 Å². The van der Waals surface area contributed by atoms with Gasteiger partial charge in [-0.15, -0.1) is 4.68 Å². The number of benzene rings is 2. The summed E-state index contributed by atoms with van der Waals surface area (Å²) in [6.45, 7) is 3.69. The Balaban J connectivity index is 0.00000176. The van der Waals surface area contributed by atoms with Crippen LogP contribution in [-0.4, -0.2) is 9.78 Å². The standard InChI is InChI=1S/C17H17ClN3.ClH/c1-14-3-2-4-16(9-14)10-20-12-19-21(13-20)11-15-5-7-17(18)8-6-15;/h2-9,12-13H,10-11H2,1H3;1H/q+1;/p-1. The van der Waals surface area contributed by atoms with Crippen LogP contribution in [0.3, 0.4) is 0 Å². The molecule has 3 nitrogen and oxygen atoms in total. The van der Waals surface area contributed by atoms with Crippen LogP contribution in [0, 0.1) is 6.92 Å². The van der Waals surface area contributed by atoms with Crippen LogP contribution in [0.5, 0.6) is 0 Å². The Hall–Kier alpha value is -1.84. The number of hydrogen-bond acceptors (Lipinski definition) is 1. The van der Waals surface area contributed by atoms with Crippen molar-refractivity contribution in [2.75, 3.05) is 0 Å². The second-order valence-corrected chi connectivity index (χ2v) is 5.67. The minimum Gasteiger partial charge on any atom is -1.00 e. The predicted octanol–water partition coefficient (Wildman–Crippen LogP) is 0.233. The fourth-order valence-electron chi connectivity index (χ4n) is 2.32. The molecule has 2 aromatic carbocycles. The number of nitrogens with zero attached hydrogens (tertiary/aromatic N) is 3. The summed E-state index contributed by atoms with van der Waals surface area (Å²) in [5, 5.41) is 5.16. The highest BCUT2D eigenvalue weighted by Gasteiger charge is 2.07. The van der Waals surface area contributed by atoms with Crippen molar-refractivity contribution in [1.82, 2.24) is 9.78 Å². The largest absolute Gasteiger partial charge is 1.00 e. The molecule has 114 valence electrons. The highest BCUT2D eigenvalue weighted by atomic mass is 35.5. The maximum atomic E-state index is 5.90. The maximum Gasteiger partial charge on any atom is 0.265 e. The first-order valence-electron chi connectivity index (χ1n) is 6.90. The first kappa shape index (κ1) is 16.5. The summed E-state index contributed by atoms with van der Waals surface area (Å²) in [6, 6.07) is 16.4. The fourth-order valence-corrected chi connectivity index (χ4v) is 2.45. The number of halogens is 2. The van der Waals surface area contributed by atoms with E-state index in [1.54, 1.807) is 0 Å². The summed E-state index contributed by atoms with van der Waals surface area (Å²) in [4.78, 5) is 0. The topological polar surface area (TPSA) is 21.7 Å². The van der Waals surface area contributed by atoms with Gasteiger partial charge in [0, 0.05) is 10.1 Å². The van der Waals surface area contributed by atoms with Gasteiger partial charge in [-0.2, -0.15) is 0 Å². The van der Waals surface area contributed by atoms with E-state index in [2.05, 4.69) is 40.9 Å². The molecule has 22 heavy (non-hydrogen) atoms. The maximum absolute atomic E-state index is 5.90. The molecule has 0 aliphatic rings. The van der Waals surface area contributed by atoms with Gasteiger partial charge >= 0.3 is 0 Å². The highest BCUT2D eigenvalue weighted by molar-refractivity contribution is 6.30. The predicted molar refractivity (Wildman–Crippen MR) is 83.3 cm³/mol. The molecular weight excluding hydrogens is 317 g/mol. The van der Waals surface area contributed by atoms with Crippen molar-refractivity contribution in [3.8, 4) is 0 Å². The molecule has 5 heteroatoms. The average molecular weight is 334 g/mol. The summed E-state index contributed by atoms with van der Waals surface area (Å²) >= 11 is 5.90. The summed E-state index contributed by atoms with van der Waals surface area (Å²) < 4.78 is 4.02. The average Bonchev–Trinajstić information content (AvgIpc) is 2.89. The van der Waals surface area contributed by atoms with Crippen LogP contribution < -0.4 is 17.0 Å². The van der Waals surface area contributed by atoms with Gasteiger partial charge in [-0.05, 0) is 30.2 Å². The minimum atomic E-state index is 0. The monoisotopic (exact) mass is 333 g/mol. The van der Waals surface area contributed by atoms with E-state index in [0.717, 1.165) is 18.1 Å². The summed E-state index contributed by atoms with van der Waals surface area (Å²) in [7, 11) is 0. The van der Waals surface area contributed by atoms with E-state index in [9.17, 15) is 0 Å². The molecule has 0 saturated heterocycles. The molecule has 0 N–H and O–H groups in total. The quantitative estimate of drug-likeness (QED) is 0.626. The van der Waals surface area contributed by atoms with Gasteiger partial charge in [0.05, 0.1) is 6.54 Å². The van der Waals surface area contributed by atoms with Crippen molar-refractivity contribution < 1.29 is 17.0 Å². The van der Waals surface area contributed by atoms with Crippen LogP contribution in [0.15, 0.2) is 61.2 Å². The molecule has 0 spiro atoms. The molecular formula is C17H17Cl2N3. The number of hydrogen-bond donors (Lipinski definition) is 0. The van der Waals surface area contributed by atoms with Crippen LogP contribution in [-0.2, 0) is 13.1 Å². The molecule has 0 aliphatic carbocycles. The lowest BCUT2D eigenvalue weighted by molar-refractivity contribution is -0.689. The third-order valence-corrected chi connectivity index (χ3v) is 3.59. The smallest absolute Gasteiger partial charge is 0.265 e. The minimum absolute atomic E-state index is 0. The Morgan fingerprint density at radius 1 is 1.09 bits per heavy atom. The lowest BCUT2D eigenvalue weighted by atomic mass is 10.1. The van der Waals surface area contributed by atoms with Gasteiger partial charge in [-0.25, -0.2) is 4.57 Å². The third kappa shape index (κ3) is 4.33. The van der Waals surface area contributed by atoms with E-state index >= 15 is 0 Å². The molecule has 3 aromatic rings. The van der Waals surface area contributed by atoms with Gasteiger partial charge in [0.25, 0.3) is 6.33 Å². The summed E-state index contributed by atoms with van der Waals surface area (Å²) in [6.07, 6.45) is 3.88. The second-order valence-electron chi connectivity index (χ2n) is 5.23. The van der Waals surface area contributed by atoms with E-state index in [-0.39, 0.29) is 12.4 Å². The molecule has 1 heterocycles. The zero-order chi connectivity index (χ0) is 14.7. The molecule has 0 atom stereocenters. The summed E-state index contributed by atoms with van der Waals surface area (Å²) in [5.41, 5.74) is 3.75. The van der Waals surface area contributed by atoms with Crippen molar-refractivity contribution in [1.29, 1.82) is 0 Å². The van der Waals surface area contributed by atoms with E-state index < -0.39 is 0 Å². The molecule has 0 amide bonds. The lowest BCUT2D eigenvalue weighted by Gasteiger charge is -1.99. The van der Waals surface area contributed by atoms with E-state index in [0.29, 0.717) is 0 Å². The first-order valence-corrected chi connectivity index (χ1v) is 7.28. The van der Waals surface area contributed by atoms with Crippen LogP contribution in [0.1, 0.15) is 16.7 Å². The lowest BCUT2D eigenvalue weighted by Crippen LogP contribution is -3.00. The Kier molecular flexibility index (Phi) is 5.58. The number of aromatic nitrogens is 3. The molecule has 0 saturated carbocycles. The van der Waals surface area contributed by atoms with Crippen LogP contribution in [0.2, 0.25) is 5.02 Å². The zero-order valence-corrected chi connectivity index (χ0v) is 13.8. The highest BCUT2D eigenvalue weighted by Crippen LogP contribution is 2.10. The first-order chi connectivity index (χ1) is 10.2. The van der Waals surface area contributed by atoms with Gasteiger partial charge in [0.15, 0.2) is 0 Å². The van der Waals surface area contributed by atoms with Gasteiger partial charge in [-0.3, -0.25) is 0 Å². The normalized spacial score (nSPS) is 10.3.